The fraction of sp³-hybridized carbons (Fsp3) is 0.200. The lowest BCUT2D eigenvalue weighted by Gasteiger charge is -2.36. The van der Waals surface area contributed by atoms with Gasteiger partial charge in [0.25, 0.3) is 5.56 Å². The SMILES string of the molecule is O=c1cc(-c2ccccc2Cl)nc(N2CCN(c3ccccc3)CC2)[nH]1. The smallest absolute Gasteiger partial charge is 0.252 e. The van der Waals surface area contributed by atoms with Crippen LogP contribution in [0.15, 0.2) is 65.5 Å². The van der Waals surface area contributed by atoms with E-state index in [9.17, 15) is 4.79 Å². The molecule has 1 aliphatic heterocycles. The van der Waals surface area contributed by atoms with Crippen molar-refractivity contribution in [1.82, 2.24) is 9.97 Å². The Balaban J connectivity index is 1.56. The molecule has 0 atom stereocenters. The quantitative estimate of drug-likeness (QED) is 0.771. The summed E-state index contributed by atoms with van der Waals surface area (Å²) in [6.45, 7) is 3.35. The zero-order valence-corrected chi connectivity index (χ0v) is 15.0. The molecule has 0 aliphatic carbocycles. The van der Waals surface area contributed by atoms with Gasteiger partial charge >= 0.3 is 0 Å². The minimum atomic E-state index is -0.171. The first-order valence-electron chi connectivity index (χ1n) is 8.62. The van der Waals surface area contributed by atoms with Crippen LogP contribution in [0.2, 0.25) is 5.02 Å². The van der Waals surface area contributed by atoms with E-state index in [1.54, 1.807) is 6.07 Å². The zero-order valence-electron chi connectivity index (χ0n) is 14.2. The van der Waals surface area contributed by atoms with Crippen molar-refractivity contribution >= 4 is 23.2 Å². The normalized spacial score (nSPS) is 14.5. The second-order valence-electron chi connectivity index (χ2n) is 6.24. The van der Waals surface area contributed by atoms with Gasteiger partial charge in [0.2, 0.25) is 5.95 Å². The Hall–Kier alpha value is -2.79. The van der Waals surface area contributed by atoms with Gasteiger partial charge in [0.15, 0.2) is 0 Å². The summed E-state index contributed by atoms with van der Waals surface area (Å²) in [5.74, 6) is 0.597. The molecule has 1 aliphatic rings. The van der Waals surface area contributed by atoms with Crippen molar-refractivity contribution in [3.8, 4) is 11.3 Å². The highest BCUT2D eigenvalue weighted by molar-refractivity contribution is 6.33. The van der Waals surface area contributed by atoms with Crippen molar-refractivity contribution in [2.24, 2.45) is 0 Å². The molecule has 0 spiro atoms. The molecule has 26 heavy (non-hydrogen) atoms. The minimum Gasteiger partial charge on any atom is -0.368 e. The van der Waals surface area contributed by atoms with E-state index in [0.717, 1.165) is 31.7 Å². The van der Waals surface area contributed by atoms with Crippen molar-refractivity contribution in [3.63, 3.8) is 0 Å². The average molecular weight is 367 g/mol. The van der Waals surface area contributed by atoms with Crippen LogP contribution in [0.3, 0.4) is 0 Å². The molecule has 1 fully saturated rings. The summed E-state index contributed by atoms with van der Waals surface area (Å²) < 4.78 is 0. The highest BCUT2D eigenvalue weighted by atomic mass is 35.5. The Morgan fingerprint density at radius 1 is 0.885 bits per heavy atom. The number of rotatable bonds is 3. The molecule has 132 valence electrons. The molecule has 1 N–H and O–H groups in total. The van der Waals surface area contributed by atoms with Crippen LogP contribution < -0.4 is 15.4 Å². The molecular formula is C20H19ClN4O. The lowest BCUT2D eigenvalue weighted by atomic mass is 10.1. The van der Waals surface area contributed by atoms with E-state index in [0.29, 0.717) is 16.7 Å². The number of nitrogens with one attached hydrogen (secondary N) is 1. The molecule has 0 bridgehead atoms. The largest absolute Gasteiger partial charge is 0.368 e. The molecule has 0 radical (unpaired) electrons. The van der Waals surface area contributed by atoms with Gasteiger partial charge in [-0.1, -0.05) is 48.0 Å². The molecule has 5 nitrogen and oxygen atoms in total. The summed E-state index contributed by atoms with van der Waals surface area (Å²) in [7, 11) is 0. The Morgan fingerprint density at radius 3 is 2.27 bits per heavy atom. The van der Waals surface area contributed by atoms with Gasteiger partial charge in [0.05, 0.1) is 5.69 Å². The summed E-state index contributed by atoms with van der Waals surface area (Å²) in [5, 5.41) is 0.588. The second kappa shape index (κ2) is 7.22. The predicted molar refractivity (Wildman–Crippen MR) is 106 cm³/mol. The van der Waals surface area contributed by atoms with Crippen LogP contribution in [0.4, 0.5) is 11.6 Å². The molecule has 0 unspecified atom stereocenters. The number of hydrogen-bond acceptors (Lipinski definition) is 4. The number of aromatic nitrogens is 2. The number of nitrogens with zero attached hydrogens (tertiary/aromatic N) is 3. The summed E-state index contributed by atoms with van der Waals surface area (Å²) in [6, 6.07) is 19.3. The molecule has 1 saturated heterocycles. The first-order valence-corrected chi connectivity index (χ1v) is 9.00. The maximum absolute atomic E-state index is 12.1. The summed E-state index contributed by atoms with van der Waals surface area (Å²) in [6.07, 6.45) is 0. The van der Waals surface area contributed by atoms with Crippen LogP contribution in [0.5, 0.6) is 0 Å². The highest BCUT2D eigenvalue weighted by Crippen LogP contribution is 2.26. The predicted octanol–water partition coefficient (Wildman–Crippen LogP) is 3.42. The summed E-state index contributed by atoms with van der Waals surface area (Å²) in [4.78, 5) is 24.1. The Kier molecular flexibility index (Phi) is 4.63. The van der Waals surface area contributed by atoms with Gasteiger partial charge in [-0.05, 0) is 18.2 Å². The van der Waals surface area contributed by atoms with Crippen molar-refractivity contribution in [2.45, 2.75) is 0 Å². The van der Waals surface area contributed by atoms with E-state index in [-0.39, 0.29) is 5.56 Å². The van der Waals surface area contributed by atoms with Gasteiger partial charge in [-0.15, -0.1) is 0 Å². The topological polar surface area (TPSA) is 52.2 Å². The van der Waals surface area contributed by atoms with Crippen molar-refractivity contribution in [2.75, 3.05) is 36.0 Å². The van der Waals surface area contributed by atoms with Gasteiger partial charge in [-0.2, -0.15) is 0 Å². The van der Waals surface area contributed by atoms with Crippen molar-refractivity contribution in [3.05, 3.63) is 76.0 Å². The molecule has 4 rings (SSSR count). The van der Waals surface area contributed by atoms with E-state index in [4.69, 9.17) is 11.6 Å². The van der Waals surface area contributed by atoms with E-state index >= 15 is 0 Å². The third kappa shape index (κ3) is 3.44. The van der Waals surface area contributed by atoms with Crippen LogP contribution in [0.1, 0.15) is 0 Å². The van der Waals surface area contributed by atoms with E-state index < -0.39 is 0 Å². The molecule has 2 aromatic carbocycles. The number of H-pyrrole nitrogens is 1. The summed E-state index contributed by atoms with van der Waals surface area (Å²) in [5.41, 5.74) is 2.41. The first-order chi connectivity index (χ1) is 12.7. The van der Waals surface area contributed by atoms with Crippen molar-refractivity contribution < 1.29 is 0 Å². The fourth-order valence-electron chi connectivity index (χ4n) is 3.22. The number of benzene rings is 2. The van der Waals surface area contributed by atoms with Gasteiger partial charge in [0.1, 0.15) is 0 Å². The van der Waals surface area contributed by atoms with Gasteiger partial charge in [-0.3, -0.25) is 9.78 Å². The van der Waals surface area contributed by atoms with Gasteiger partial charge in [0, 0.05) is 48.5 Å². The monoisotopic (exact) mass is 366 g/mol. The van der Waals surface area contributed by atoms with Crippen LogP contribution in [0.25, 0.3) is 11.3 Å². The molecule has 6 heteroatoms. The fourth-order valence-corrected chi connectivity index (χ4v) is 3.45. The van der Waals surface area contributed by atoms with Crippen LogP contribution in [0, 0.1) is 0 Å². The first kappa shape index (κ1) is 16.7. The number of para-hydroxylation sites is 1. The van der Waals surface area contributed by atoms with Crippen LogP contribution >= 0.6 is 11.6 Å². The Labute approximate surface area is 156 Å². The third-order valence-electron chi connectivity index (χ3n) is 4.58. The maximum atomic E-state index is 12.1. The lowest BCUT2D eigenvalue weighted by Crippen LogP contribution is -2.47. The van der Waals surface area contributed by atoms with E-state index in [2.05, 4.69) is 31.9 Å². The molecule has 3 aromatic rings. The number of piperazine rings is 1. The number of aromatic amines is 1. The van der Waals surface area contributed by atoms with E-state index in [1.165, 1.54) is 11.8 Å². The number of anilines is 2. The molecule has 0 amide bonds. The standard InChI is InChI=1S/C20H19ClN4O/c21-17-9-5-4-8-16(17)18-14-19(26)23-20(22-18)25-12-10-24(11-13-25)15-6-2-1-3-7-15/h1-9,14H,10-13H2,(H,22,23,26). The zero-order chi connectivity index (χ0) is 17.9. The van der Waals surface area contributed by atoms with Gasteiger partial charge < -0.3 is 9.80 Å². The number of hydrogen-bond donors (Lipinski definition) is 1. The average Bonchev–Trinajstić information content (AvgIpc) is 2.69. The number of halogens is 1. The Morgan fingerprint density at radius 2 is 1.54 bits per heavy atom. The molecule has 2 heterocycles. The lowest BCUT2D eigenvalue weighted by molar-refractivity contribution is 0.639. The van der Waals surface area contributed by atoms with E-state index in [1.807, 2.05) is 36.4 Å². The Bertz CT molecular complexity index is 949. The minimum absolute atomic E-state index is 0.171. The van der Waals surface area contributed by atoms with Crippen molar-refractivity contribution in [1.29, 1.82) is 0 Å². The van der Waals surface area contributed by atoms with Gasteiger partial charge in [-0.25, -0.2) is 4.98 Å². The molecule has 0 saturated carbocycles. The summed E-state index contributed by atoms with van der Waals surface area (Å²) >= 11 is 6.26. The van der Waals surface area contributed by atoms with Crippen LogP contribution in [-0.4, -0.2) is 36.1 Å². The third-order valence-corrected chi connectivity index (χ3v) is 4.91. The highest BCUT2D eigenvalue weighted by Gasteiger charge is 2.20. The molecular weight excluding hydrogens is 348 g/mol. The maximum Gasteiger partial charge on any atom is 0.252 e. The van der Waals surface area contributed by atoms with Crippen LogP contribution in [-0.2, 0) is 0 Å². The molecule has 1 aromatic heterocycles. The second-order valence-corrected chi connectivity index (χ2v) is 6.65.